The molecule has 1 fully saturated rings. The highest BCUT2D eigenvalue weighted by atomic mass is 79.9. The second-order valence-corrected chi connectivity index (χ2v) is 9.11. The minimum absolute atomic E-state index is 0.281. The maximum atomic E-state index is 12.9. The molecule has 26 heavy (non-hydrogen) atoms. The summed E-state index contributed by atoms with van der Waals surface area (Å²) in [4.78, 5) is 14.6. The lowest BCUT2D eigenvalue weighted by atomic mass is 9.89. The molecule has 0 saturated heterocycles. The number of ether oxygens (including phenoxy) is 1. The normalized spacial score (nSPS) is 15.6. The Morgan fingerprint density at radius 3 is 2.58 bits per heavy atom. The molecule has 1 aliphatic carbocycles. The zero-order valence-corrected chi connectivity index (χ0v) is 18.3. The Bertz CT molecular complexity index is 598. The number of amides is 1. The number of carbonyl (C=O) groups excluding carboxylic acids is 1. The van der Waals surface area contributed by atoms with Crippen LogP contribution in [0.25, 0.3) is 0 Å². The predicted molar refractivity (Wildman–Crippen MR) is 114 cm³/mol. The zero-order chi connectivity index (χ0) is 19.2. The van der Waals surface area contributed by atoms with Crippen molar-refractivity contribution in [3.05, 3.63) is 22.7 Å². The molecule has 6 heteroatoms. The highest BCUT2D eigenvalue weighted by Gasteiger charge is 2.27. The molecule has 0 heterocycles. The number of nitrogens with zero attached hydrogens (tertiary/aromatic N) is 1. The standard InChI is InChI=1S/C20H30BrClN2O2/c1-20(2,3)26-19(25)24(14-15-7-5-4-6-8-15)16-9-10-18(17(21)13-16)23-12-11-22/h9-10,13,15,23H,4-8,11-12,14H2,1-3H3. The molecule has 2 rings (SSSR count). The van der Waals surface area contributed by atoms with Crippen molar-refractivity contribution >= 4 is 45.0 Å². The molecule has 1 amide bonds. The van der Waals surface area contributed by atoms with Gasteiger partial charge in [0.25, 0.3) is 0 Å². The third kappa shape index (κ3) is 6.66. The van der Waals surface area contributed by atoms with Crippen LogP contribution in [0.3, 0.4) is 0 Å². The lowest BCUT2D eigenvalue weighted by Crippen LogP contribution is -2.40. The molecular formula is C20H30BrClN2O2. The molecule has 0 unspecified atom stereocenters. The Kier molecular flexibility index (Phi) is 8.08. The highest BCUT2D eigenvalue weighted by Crippen LogP contribution is 2.31. The fourth-order valence-electron chi connectivity index (χ4n) is 3.23. The number of carbonyl (C=O) groups is 1. The molecule has 0 spiro atoms. The predicted octanol–water partition coefficient (Wildman–Crippen LogP) is 6.42. The van der Waals surface area contributed by atoms with Gasteiger partial charge in [0.15, 0.2) is 0 Å². The minimum Gasteiger partial charge on any atom is -0.443 e. The fourth-order valence-corrected chi connectivity index (χ4v) is 3.83. The van der Waals surface area contributed by atoms with Crippen LogP contribution < -0.4 is 10.2 Å². The van der Waals surface area contributed by atoms with Crippen molar-refractivity contribution in [1.29, 1.82) is 0 Å². The van der Waals surface area contributed by atoms with Gasteiger partial charge in [0.2, 0.25) is 0 Å². The summed E-state index contributed by atoms with van der Waals surface area (Å²) in [6, 6.07) is 5.92. The molecule has 146 valence electrons. The Balaban J connectivity index is 2.21. The molecule has 0 aliphatic heterocycles. The number of benzene rings is 1. The molecule has 1 aliphatic rings. The van der Waals surface area contributed by atoms with E-state index in [1.807, 2.05) is 39.0 Å². The first kappa shape index (κ1) is 21.4. The molecule has 0 radical (unpaired) electrons. The number of anilines is 2. The summed E-state index contributed by atoms with van der Waals surface area (Å²) in [7, 11) is 0. The van der Waals surface area contributed by atoms with Gasteiger partial charge in [0.1, 0.15) is 5.60 Å². The van der Waals surface area contributed by atoms with Crippen LogP contribution in [0.5, 0.6) is 0 Å². The van der Waals surface area contributed by atoms with Gasteiger partial charge in [-0.1, -0.05) is 19.3 Å². The molecule has 1 saturated carbocycles. The van der Waals surface area contributed by atoms with Crippen LogP contribution in [0.2, 0.25) is 0 Å². The van der Waals surface area contributed by atoms with E-state index in [9.17, 15) is 4.79 Å². The Hall–Kier alpha value is -0.940. The van der Waals surface area contributed by atoms with Crippen LogP contribution in [0.15, 0.2) is 22.7 Å². The maximum absolute atomic E-state index is 12.9. The molecule has 0 bridgehead atoms. The molecule has 4 nitrogen and oxygen atoms in total. The van der Waals surface area contributed by atoms with Crippen molar-refractivity contribution in [3.8, 4) is 0 Å². The van der Waals surface area contributed by atoms with Crippen LogP contribution in [0.1, 0.15) is 52.9 Å². The summed E-state index contributed by atoms with van der Waals surface area (Å²) in [5.41, 5.74) is 1.31. The average molecular weight is 446 g/mol. The van der Waals surface area contributed by atoms with Gasteiger partial charge < -0.3 is 10.1 Å². The van der Waals surface area contributed by atoms with E-state index in [1.165, 1.54) is 32.1 Å². The van der Waals surface area contributed by atoms with E-state index in [0.29, 0.717) is 24.9 Å². The van der Waals surface area contributed by atoms with E-state index in [-0.39, 0.29) is 6.09 Å². The van der Waals surface area contributed by atoms with Gasteiger partial charge in [-0.25, -0.2) is 4.79 Å². The topological polar surface area (TPSA) is 41.6 Å². The number of nitrogens with one attached hydrogen (secondary N) is 1. The van der Waals surface area contributed by atoms with E-state index < -0.39 is 5.60 Å². The first-order valence-electron chi connectivity index (χ1n) is 9.40. The SMILES string of the molecule is CC(C)(C)OC(=O)N(CC1CCCCC1)c1ccc(NCCCl)c(Br)c1. The quantitative estimate of drug-likeness (QED) is 0.513. The van der Waals surface area contributed by atoms with Gasteiger partial charge in [-0.3, -0.25) is 4.90 Å². The van der Waals surface area contributed by atoms with E-state index in [1.54, 1.807) is 4.90 Å². The molecule has 0 atom stereocenters. The van der Waals surface area contributed by atoms with Crippen LogP contribution in [-0.4, -0.2) is 30.7 Å². The second-order valence-electron chi connectivity index (χ2n) is 7.87. The summed E-state index contributed by atoms with van der Waals surface area (Å²) in [5, 5.41) is 3.26. The monoisotopic (exact) mass is 444 g/mol. The second kappa shape index (κ2) is 9.84. The van der Waals surface area contributed by atoms with Crippen molar-refractivity contribution < 1.29 is 9.53 Å². The lowest BCUT2D eigenvalue weighted by Gasteiger charge is -2.32. The minimum atomic E-state index is -0.513. The number of rotatable bonds is 6. The third-order valence-electron chi connectivity index (χ3n) is 4.45. The Labute approximate surface area is 170 Å². The first-order chi connectivity index (χ1) is 12.3. The molecule has 0 aromatic heterocycles. The van der Waals surface area contributed by atoms with Gasteiger partial charge in [-0.15, -0.1) is 11.6 Å². The molecule has 1 N–H and O–H groups in total. The lowest BCUT2D eigenvalue weighted by molar-refractivity contribution is 0.0572. The summed E-state index contributed by atoms with van der Waals surface area (Å²) >= 11 is 9.35. The Morgan fingerprint density at radius 1 is 1.31 bits per heavy atom. The zero-order valence-electron chi connectivity index (χ0n) is 16.0. The van der Waals surface area contributed by atoms with Gasteiger partial charge >= 0.3 is 6.09 Å². The van der Waals surface area contributed by atoms with Crippen molar-refractivity contribution in [1.82, 2.24) is 0 Å². The largest absolute Gasteiger partial charge is 0.443 e. The van der Waals surface area contributed by atoms with Crippen LogP contribution >= 0.6 is 27.5 Å². The third-order valence-corrected chi connectivity index (χ3v) is 5.30. The van der Waals surface area contributed by atoms with Crippen LogP contribution in [-0.2, 0) is 4.74 Å². The molecule has 1 aromatic carbocycles. The maximum Gasteiger partial charge on any atom is 0.414 e. The number of halogens is 2. The van der Waals surface area contributed by atoms with Gasteiger partial charge in [-0.05, 0) is 73.7 Å². The summed E-state index contributed by atoms with van der Waals surface area (Å²) < 4.78 is 6.58. The summed E-state index contributed by atoms with van der Waals surface area (Å²) in [5.74, 6) is 1.07. The number of alkyl halides is 1. The van der Waals surface area contributed by atoms with Crippen molar-refractivity contribution in [2.24, 2.45) is 5.92 Å². The van der Waals surface area contributed by atoms with E-state index in [2.05, 4.69) is 21.2 Å². The van der Waals surface area contributed by atoms with Crippen molar-refractivity contribution in [2.45, 2.75) is 58.5 Å². The molecular weight excluding hydrogens is 416 g/mol. The summed E-state index contributed by atoms with van der Waals surface area (Å²) in [6.45, 7) is 7.10. The van der Waals surface area contributed by atoms with Crippen molar-refractivity contribution in [2.75, 3.05) is 29.2 Å². The van der Waals surface area contributed by atoms with Crippen LogP contribution in [0, 0.1) is 5.92 Å². The fraction of sp³-hybridized carbons (Fsp3) is 0.650. The number of hydrogen-bond donors (Lipinski definition) is 1. The van der Waals surface area contributed by atoms with Crippen molar-refractivity contribution in [3.63, 3.8) is 0 Å². The van der Waals surface area contributed by atoms with Gasteiger partial charge in [0.05, 0.1) is 0 Å². The molecule has 1 aromatic rings. The Morgan fingerprint density at radius 2 is 2.00 bits per heavy atom. The smallest absolute Gasteiger partial charge is 0.414 e. The highest BCUT2D eigenvalue weighted by molar-refractivity contribution is 9.10. The van der Waals surface area contributed by atoms with Gasteiger partial charge in [0, 0.05) is 34.8 Å². The first-order valence-corrected chi connectivity index (χ1v) is 10.7. The van der Waals surface area contributed by atoms with E-state index in [0.717, 1.165) is 15.8 Å². The van der Waals surface area contributed by atoms with Gasteiger partial charge in [-0.2, -0.15) is 0 Å². The average Bonchev–Trinajstić information content (AvgIpc) is 2.58. The van der Waals surface area contributed by atoms with E-state index in [4.69, 9.17) is 16.3 Å². The van der Waals surface area contributed by atoms with Crippen LogP contribution in [0.4, 0.5) is 16.2 Å². The van der Waals surface area contributed by atoms with E-state index >= 15 is 0 Å². The summed E-state index contributed by atoms with van der Waals surface area (Å²) in [6.07, 6.45) is 5.87. The number of hydrogen-bond acceptors (Lipinski definition) is 3.